The zero-order chi connectivity index (χ0) is 29.6. The van der Waals surface area contributed by atoms with Gasteiger partial charge >= 0.3 is 0 Å². The zero-order valence-electron chi connectivity index (χ0n) is 24.2. The van der Waals surface area contributed by atoms with Crippen molar-refractivity contribution in [3.63, 3.8) is 0 Å². The van der Waals surface area contributed by atoms with Gasteiger partial charge in [0.05, 0.1) is 6.04 Å². The first-order chi connectivity index (χ1) is 19.5. The molecule has 2 fully saturated rings. The van der Waals surface area contributed by atoms with Crippen molar-refractivity contribution in [1.82, 2.24) is 21.3 Å². The first-order valence-corrected chi connectivity index (χ1v) is 14.7. The predicted molar refractivity (Wildman–Crippen MR) is 154 cm³/mol. The van der Waals surface area contributed by atoms with Gasteiger partial charge in [0.25, 0.3) is 11.8 Å². The lowest BCUT2D eigenvalue weighted by atomic mass is 9.84. The average Bonchev–Trinajstić information content (AvgIpc) is 3.37. The number of carbonyl (C=O) groups is 5. The Bertz CT molecular complexity index is 1240. The molecule has 10 heteroatoms. The molecule has 1 unspecified atom stereocenters. The van der Waals surface area contributed by atoms with E-state index < -0.39 is 47.0 Å². The topological polar surface area (TPSA) is 147 Å². The normalized spacial score (nSPS) is 19.6. The van der Waals surface area contributed by atoms with E-state index in [9.17, 15) is 24.0 Å². The minimum Gasteiger partial charge on any atom is -0.451 e. The number of para-hydroxylation sites is 1. The summed E-state index contributed by atoms with van der Waals surface area (Å²) >= 11 is 0. The summed E-state index contributed by atoms with van der Waals surface area (Å²) in [5, 5.41) is 11.8. The highest BCUT2D eigenvalue weighted by molar-refractivity contribution is 6.38. The molecule has 2 aromatic rings. The van der Waals surface area contributed by atoms with Gasteiger partial charge in [-0.25, -0.2) is 0 Å². The first-order valence-electron chi connectivity index (χ1n) is 14.7. The molecule has 2 aliphatic rings. The number of hydrogen-bond donors (Lipinski definition) is 4. The number of ketones is 1. The van der Waals surface area contributed by atoms with E-state index in [1.165, 1.54) is 0 Å². The van der Waals surface area contributed by atoms with Crippen LogP contribution in [0.5, 0.6) is 0 Å². The molecule has 4 N–H and O–H groups in total. The Morgan fingerprint density at radius 2 is 1.68 bits per heavy atom. The Morgan fingerprint density at radius 3 is 2.37 bits per heavy atom. The zero-order valence-corrected chi connectivity index (χ0v) is 24.2. The lowest BCUT2D eigenvalue weighted by Gasteiger charge is -2.30. The van der Waals surface area contributed by atoms with Crippen LogP contribution < -0.4 is 21.3 Å². The van der Waals surface area contributed by atoms with Gasteiger partial charge in [0, 0.05) is 23.4 Å². The van der Waals surface area contributed by atoms with Gasteiger partial charge in [0.1, 0.15) is 11.6 Å². The molecule has 10 nitrogen and oxygen atoms in total. The first kappa shape index (κ1) is 30.3. The monoisotopic (exact) mass is 566 g/mol. The van der Waals surface area contributed by atoms with Crippen molar-refractivity contribution in [3.05, 3.63) is 36.1 Å². The van der Waals surface area contributed by atoms with Crippen molar-refractivity contribution in [2.24, 2.45) is 11.8 Å². The quantitative estimate of drug-likeness (QED) is 0.324. The van der Waals surface area contributed by atoms with E-state index in [0.717, 1.165) is 43.9 Å². The summed E-state index contributed by atoms with van der Waals surface area (Å²) in [5.74, 6) is -3.11. The third-order valence-electron chi connectivity index (χ3n) is 7.83. The van der Waals surface area contributed by atoms with Crippen molar-refractivity contribution in [3.8, 4) is 0 Å². The van der Waals surface area contributed by atoms with Gasteiger partial charge in [-0.3, -0.25) is 24.0 Å². The molecule has 1 aliphatic heterocycles. The highest BCUT2D eigenvalue weighted by Gasteiger charge is 2.36. The summed E-state index contributed by atoms with van der Waals surface area (Å²) in [7, 11) is 0. The highest BCUT2D eigenvalue weighted by atomic mass is 16.3. The summed E-state index contributed by atoms with van der Waals surface area (Å²) in [6, 6.07) is 6.73. The number of amides is 4. The van der Waals surface area contributed by atoms with Crippen molar-refractivity contribution in [1.29, 1.82) is 0 Å². The Kier molecular flexibility index (Phi) is 9.83. The molecule has 1 aromatic heterocycles. The second kappa shape index (κ2) is 13.3. The number of furan rings is 1. The molecule has 1 saturated heterocycles. The molecule has 0 bridgehead atoms. The lowest BCUT2D eigenvalue weighted by Crippen LogP contribution is -2.56. The van der Waals surface area contributed by atoms with Gasteiger partial charge in [-0.15, -0.1) is 0 Å². The Hall–Kier alpha value is -3.69. The summed E-state index contributed by atoms with van der Waals surface area (Å²) in [5.41, 5.74) is -0.0969. The standard InChI is InChI=1S/C31H42N4O6/c1-31(2,3)35-30(40)26(36)22(17-21-13-9-15-32-27(21)37)33-28(38)23(16-19-10-5-4-6-11-19)34-29(39)25-18-20-12-7-8-14-24(20)41-25/h7-8,12,14,18-19,21-23H,4-6,9-11,13,15-17H2,1-3H3,(H,32,37)(H,33,38)(H,34,39)(H,35,40)/t21-,22?,23-/m0/s1. The van der Waals surface area contributed by atoms with E-state index in [0.29, 0.717) is 25.0 Å². The number of carbonyl (C=O) groups excluding carboxylic acids is 5. The molecule has 4 rings (SSSR count). The van der Waals surface area contributed by atoms with Crippen LogP contribution in [-0.4, -0.2) is 53.6 Å². The minimum atomic E-state index is -1.21. The smallest absolute Gasteiger partial charge is 0.290 e. The van der Waals surface area contributed by atoms with Crippen LogP contribution in [0.2, 0.25) is 0 Å². The fourth-order valence-electron chi connectivity index (χ4n) is 5.72. The van der Waals surface area contributed by atoms with E-state index >= 15 is 0 Å². The van der Waals surface area contributed by atoms with E-state index in [2.05, 4.69) is 21.3 Å². The molecule has 222 valence electrons. The number of rotatable bonds is 10. The van der Waals surface area contributed by atoms with Crippen LogP contribution in [0.1, 0.15) is 89.1 Å². The van der Waals surface area contributed by atoms with Crippen LogP contribution in [0.15, 0.2) is 34.7 Å². The third kappa shape index (κ3) is 8.41. The summed E-state index contributed by atoms with van der Waals surface area (Å²) < 4.78 is 5.71. The maximum absolute atomic E-state index is 13.8. The number of benzene rings is 1. The molecule has 0 radical (unpaired) electrons. The van der Waals surface area contributed by atoms with Gasteiger partial charge in [-0.2, -0.15) is 0 Å². The molecule has 4 amide bonds. The summed E-state index contributed by atoms with van der Waals surface area (Å²) in [6.45, 7) is 5.83. The highest BCUT2D eigenvalue weighted by Crippen LogP contribution is 2.28. The Labute approximate surface area is 240 Å². The van der Waals surface area contributed by atoms with E-state index in [4.69, 9.17) is 4.42 Å². The number of hydrogen-bond acceptors (Lipinski definition) is 6. The van der Waals surface area contributed by atoms with E-state index in [1.807, 2.05) is 18.2 Å². The van der Waals surface area contributed by atoms with Gasteiger partial charge in [-0.05, 0) is 64.5 Å². The SMILES string of the molecule is CC(C)(C)NC(=O)C(=O)C(C[C@@H]1CCCNC1=O)NC(=O)[C@H](CC1CCCCC1)NC(=O)c1cc2ccccc2o1. The van der Waals surface area contributed by atoms with Crippen LogP contribution in [0.4, 0.5) is 0 Å². The number of fused-ring (bicyclic) bond motifs is 1. The third-order valence-corrected chi connectivity index (χ3v) is 7.83. The van der Waals surface area contributed by atoms with Crippen molar-refractivity contribution in [2.45, 2.75) is 96.2 Å². The van der Waals surface area contributed by atoms with Gasteiger partial charge in [-0.1, -0.05) is 50.3 Å². The van der Waals surface area contributed by atoms with Crippen molar-refractivity contribution >= 4 is 40.4 Å². The number of nitrogens with one attached hydrogen (secondary N) is 4. The molecular formula is C31H42N4O6. The van der Waals surface area contributed by atoms with E-state index in [-0.39, 0.29) is 24.0 Å². The van der Waals surface area contributed by atoms with Crippen LogP contribution in [0.25, 0.3) is 11.0 Å². The molecule has 2 heterocycles. The predicted octanol–water partition coefficient (Wildman–Crippen LogP) is 3.39. The Morgan fingerprint density at radius 1 is 0.951 bits per heavy atom. The average molecular weight is 567 g/mol. The van der Waals surface area contributed by atoms with Gasteiger partial charge < -0.3 is 25.7 Å². The van der Waals surface area contributed by atoms with E-state index in [1.54, 1.807) is 32.9 Å². The summed E-state index contributed by atoms with van der Waals surface area (Å²) in [4.78, 5) is 65.7. The van der Waals surface area contributed by atoms with Gasteiger partial charge in [0.2, 0.25) is 17.6 Å². The number of piperidine rings is 1. The minimum absolute atomic E-state index is 0.00162. The summed E-state index contributed by atoms with van der Waals surface area (Å²) in [6.07, 6.45) is 6.85. The van der Waals surface area contributed by atoms with Crippen LogP contribution >= 0.6 is 0 Å². The van der Waals surface area contributed by atoms with Crippen LogP contribution in [-0.2, 0) is 19.2 Å². The molecule has 1 aromatic carbocycles. The van der Waals surface area contributed by atoms with Crippen LogP contribution in [0, 0.1) is 11.8 Å². The largest absolute Gasteiger partial charge is 0.451 e. The maximum Gasteiger partial charge on any atom is 0.290 e. The Balaban J connectivity index is 1.54. The fraction of sp³-hybridized carbons (Fsp3) is 0.581. The molecule has 1 aliphatic carbocycles. The molecule has 1 saturated carbocycles. The van der Waals surface area contributed by atoms with Crippen molar-refractivity contribution in [2.75, 3.05) is 6.54 Å². The van der Waals surface area contributed by atoms with Crippen LogP contribution in [0.3, 0.4) is 0 Å². The van der Waals surface area contributed by atoms with Crippen molar-refractivity contribution < 1.29 is 28.4 Å². The maximum atomic E-state index is 13.8. The second-order valence-electron chi connectivity index (χ2n) is 12.4. The molecule has 41 heavy (non-hydrogen) atoms. The number of Topliss-reactive ketones (excluding diaryl/α,β-unsaturated/α-hetero) is 1. The molecule has 3 atom stereocenters. The second-order valence-corrected chi connectivity index (χ2v) is 12.4. The molecular weight excluding hydrogens is 524 g/mol. The van der Waals surface area contributed by atoms with Gasteiger partial charge in [0.15, 0.2) is 5.76 Å². The fourth-order valence-corrected chi connectivity index (χ4v) is 5.72. The lowest BCUT2D eigenvalue weighted by molar-refractivity contribution is -0.142. The molecule has 0 spiro atoms.